The highest BCUT2D eigenvalue weighted by molar-refractivity contribution is 6.31. The molecule has 7 heteroatoms. The lowest BCUT2D eigenvalue weighted by Crippen LogP contribution is -2.30. The van der Waals surface area contributed by atoms with E-state index in [9.17, 15) is 13.2 Å². The van der Waals surface area contributed by atoms with E-state index in [1.54, 1.807) is 0 Å². The zero-order chi connectivity index (χ0) is 12.3. The van der Waals surface area contributed by atoms with Gasteiger partial charge in [0.1, 0.15) is 0 Å². The largest absolute Gasteiger partial charge is 0.481 e. The molecule has 3 nitrogen and oxygen atoms in total. The molecule has 0 fully saturated rings. The maximum absolute atomic E-state index is 12.1. The van der Waals surface area contributed by atoms with Gasteiger partial charge in [0.25, 0.3) is 0 Å². The molecule has 1 N–H and O–H groups in total. The van der Waals surface area contributed by atoms with Crippen molar-refractivity contribution >= 4 is 11.6 Å². The number of aliphatic hydroxyl groups excluding tert-OH is 1. The minimum atomic E-state index is -4.69. The number of nitrogens with zero attached hydrogens (tertiary/aromatic N) is 1. The van der Waals surface area contributed by atoms with Gasteiger partial charge in [0.2, 0.25) is 5.88 Å². The number of hydrogen-bond acceptors (Lipinski definition) is 3. The number of hydrogen-bond donors (Lipinski definition) is 1. The second-order valence-electron chi connectivity index (χ2n) is 3.04. The molecule has 0 saturated heterocycles. The first-order valence-corrected chi connectivity index (χ1v) is 4.66. The summed E-state index contributed by atoms with van der Waals surface area (Å²) in [5, 5.41) is 9.00. The third-order valence-electron chi connectivity index (χ3n) is 1.93. The van der Waals surface area contributed by atoms with Crippen LogP contribution in [0.15, 0.2) is 12.3 Å². The first kappa shape index (κ1) is 13.1. The maximum atomic E-state index is 12.1. The number of aliphatic hydroxyl groups is 1. The van der Waals surface area contributed by atoms with Crippen molar-refractivity contribution in [2.75, 3.05) is 7.11 Å². The number of methoxy groups -OCH3 is 1. The third-order valence-corrected chi connectivity index (χ3v) is 2.28. The number of ether oxygens (including phenoxy) is 1. The van der Waals surface area contributed by atoms with Gasteiger partial charge in [-0.2, -0.15) is 13.2 Å². The average molecular weight is 256 g/mol. The molecule has 16 heavy (non-hydrogen) atoms. The summed E-state index contributed by atoms with van der Waals surface area (Å²) in [5.41, 5.74) is 0.0384. The quantitative estimate of drug-likeness (QED) is 0.900. The fourth-order valence-corrected chi connectivity index (χ4v) is 1.34. The SMILES string of the molecule is COc1nccc(Cl)c1CC(O)C(F)(F)F. The second kappa shape index (κ2) is 4.88. The predicted molar refractivity (Wildman–Crippen MR) is 51.6 cm³/mol. The summed E-state index contributed by atoms with van der Waals surface area (Å²) in [6, 6.07) is 1.34. The Balaban J connectivity index is 2.96. The second-order valence-corrected chi connectivity index (χ2v) is 3.45. The zero-order valence-electron chi connectivity index (χ0n) is 8.25. The van der Waals surface area contributed by atoms with Gasteiger partial charge in [0, 0.05) is 18.2 Å². The highest BCUT2D eigenvalue weighted by Gasteiger charge is 2.39. The van der Waals surface area contributed by atoms with Gasteiger partial charge in [-0.1, -0.05) is 11.6 Å². The lowest BCUT2D eigenvalue weighted by atomic mass is 10.1. The molecule has 0 bridgehead atoms. The van der Waals surface area contributed by atoms with E-state index in [0.29, 0.717) is 0 Å². The first-order valence-electron chi connectivity index (χ1n) is 4.28. The molecule has 1 atom stereocenters. The standard InChI is InChI=1S/C9H9ClF3NO2/c1-16-8-5(6(10)2-3-14-8)4-7(15)9(11,12)13/h2-3,7,15H,4H2,1H3. The fraction of sp³-hybridized carbons (Fsp3) is 0.444. The van der Waals surface area contributed by atoms with Crippen LogP contribution in [-0.2, 0) is 6.42 Å². The topological polar surface area (TPSA) is 42.4 Å². The summed E-state index contributed by atoms with van der Waals surface area (Å²) < 4.78 is 41.2. The van der Waals surface area contributed by atoms with Crippen LogP contribution in [0.25, 0.3) is 0 Å². The van der Waals surface area contributed by atoms with Crippen LogP contribution in [0, 0.1) is 0 Å². The highest BCUT2D eigenvalue weighted by atomic mass is 35.5. The van der Waals surface area contributed by atoms with Crippen LogP contribution in [0.3, 0.4) is 0 Å². The predicted octanol–water partition coefficient (Wildman–Crippen LogP) is 2.21. The van der Waals surface area contributed by atoms with Gasteiger partial charge in [-0.25, -0.2) is 4.98 Å². The van der Waals surface area contributed by atoms with E-state index in [0.717, 1.165) is 0 Å². The minimum Gasteiger partial charge on any atom is -0.481 e. The minimum absolute atomic E-state index is 0.0178. The smallest absolute Gasteiger partial charge is 0.414 e. The van der Waals surface area contributed by atoms with Crippen LogP contribution in [0.2, 0.25) is 5.02 Å². The summed E-state index contributed by atoms with van der Waals surface area (Å²) in [5.74, 6) is -0.0178. The van der Waals surface area contributed by atoms with Gasteiger partial charge < -0.3 is 9.84 Å². The van der Waals surface area contributed by atoms with Crippen LogP contribution in [0.4, 0.5) is 13.2 Å². The molecular formula is C9H9ClF3NO2. The van der Waals surface area contributed by atoms with Crippen molar-refractivity contribution in [1.29, 1.82) is 0 Å². The van der Waals surface area contributed by atoms with Crippen molar-refractivity contribution in [2.24, 2.45) is 0 Å². The van der Waals surface area contributed by atoms with Gasteiger partial charge in [-0.15, -0.1) is 0 Å². The molecule has 0 aliphatic heterocycles. The molecule has 1 unspecified atom stereocenters. The van der Waals surface area contributed by atoms with Crippen LogP contribution in [-0.4, -0.2) is 29.5 Å². The number of halogens is 4. The Hall–Kier alpha value is -1.01. The van der Waals surface area contributed by atoms with E-state index >= 15 is 0 Å². The lowest BCUT2D eigenvalue weighted by molar-refractivity contribution is -0.203. The Morgan fingerprint density at radius 2 is 2.19 bits per heavy atom. The average Bonchev–Trinajstić information content (AvgIpc) is 2.19. The van der Waals surface area contributed by atoms with Gasteiger partial charge in [0.15, 0.2) is 6.10 Å². The summed E-state index contributed by atoms with van der Waals surface area (Å²) >= 11 is 5.70. The van der Waals surface area contributed by atoms with Crippen LogP contribution >= 0.6 is 11.6 Å². The molecule has 0 radical (unpaired) electrons. The highest BCUT2D eigenvalue weighted by Crippen LogP contribution is 2.29. The monoisotopic (exact) mass is 255 g/mol. The Morgan fingerprint density at radius 3 is 2.69 bits per heavy atom. The Bertz CT molecular complexity index is 370. The van der Waals surface area contributed by atoms with Crippen LogP contribution < -0.4 is 4.74 Å². The van der Waals surface area contributed by atoms with Crippen LogP contribution in [0.5, 0.6) is 5.88 Å². The third kappa shape index (κ3) is 2.99. The van der Waals surface area contributed by atoms with E-state index in [1.165, 1.54) is 19.4 Å². The van der Waals surface area contributed by atoms with Crippen molar-refractivity contribution in [3.05, 3.63) is 22.8 Å². The number of alkyl halides is 3. The first-order chi connectivity index (χ1) is 7.36. The van der Waals surface area contributed by atoms with E-state index in [4.69, 9.17) is 21.4 Å². The maximum Gasteiger partial charge on any atom is 0.414 e. The molecule has 1 rings (SSSR count). The summed E-state index contributed by atoms with van der Waals surface area (Å²) in [6.45, 7) is 0. The molecule has 1 aromatic rings. The number of aromatic nitrogens is 1. The zero-order valence-corrected chi connectivity index (χ0v) is 9.01. The van der Waals surface area contributed by atoms with Crippen molar-refractivity contribution in [2.45, 2.75) is 18.7 Å². The normalized spacial score (nSPS) is 13.6. The summed E-state index contributed by atoms with van der Waals surface area (Å²) in [6.07, 6.45) is -6.54. The van der Waals surface area contributed by atoms with E-state index in [1.807, 2.05) is 0 Å². The lowest BCUT2D eigenvalue weighted by Gasteiger charge is -2.16. The molecule has 1 aromatic heterocycles. The molecule has 0 aliphatic carbocycles. The van der Waals surface area contributed by atoms with E-state index in [2.05, 4.69) is 4.98 Å². The van der Waals surface area contributed by atoms with Gasteiger partial charge in [0.05, 0.1) is 12.1 Å². The summed E-state index contributed by atoms with van der Waals surface area (Å²) in [7, 11) is 1.27. The van der Waals surface area contributed by atoms with Crippen molar-refractivity contribution in [3.8, 4) is 5.88 Å². The molecule has 0 saturated carbocycles. The molecule has 0 spiro atoms. The Kier molecular flexibility index (Phi) is 3.98. The van der Waals surface area contributed by atoms with Gasteiger partial charge in [-0.3, -0.25) is 0 Å². The van der Waals surface area contributed by atoms with Gasteiger partial charge in [-0.05, 0) is 6.07 Å². The van der Waals surface area contributed by atoms with E-state index in [-0.39, 0.29) is 16.5 Å². The van der Waals surface area contributed by atoms with Crippen molar-refractivity contribution in [1.82, 2.24) is 4.98 Å². The van der Waals surface area contributed by atoms with Gasteiger partial charge >= 0.3 is 6.18 Å². The van der Waals surface area contributed by atoms with E-state index < -0.39 is 18.7 Å². The Morgan fingerprint density at radius 1 is 1.56 bits per heavy atom. The molecular weight excluding hydrogens is 247 g/mol. The van der Waals surface area contributed by atoms with Crippen molar-refractivity contribution < 1.29 is 23.0 Å². The molecule has 1 heterocycles. The molecule has 0 amide bonds. The molecule has 90 valence electrons. The summed E-state index contributed by atoms with van der Waals surface area (Å²) in [4.78, 5) is 3.71. The van der Waals surface area contributed by atoms with Crippen LogP contribution in [0.1, 0.15) is 5.56 Å². The van der Waals surface area contributed by atoms with Crippen molar-refractivity contribution in [3.63, 3.8) is 0 Å². The Labute approximate surface area is 94.8 Å². The fourth-order valence-electron chi connectivity index (χ4n) is 1.12. The molecule has 0 aliphatic rings. The number of rotatable bonds is 3. The molecule has 0 aromatic carbocycles. The number of pyridine rings is 1.